The van der Waals surface area contributed by atoms with Gasteiger partial charge < -0.3 is 9.47 Å². The highest BCUT2D eigenvalue weighted by Crippen LogP contribution is 2.34. The molecular formula is C26H14O4. The number of ether oxygens (including phenoxy) is 2. The van der Waals surface area contributed by atoms with Gasteiger partial charge >= 0.3 is 11.9 Å². The molecular weight excluding hydrogens is 376 g/mol. The summed E-state index contributed by atoms with van der Waals surface area (Å²) in [7, 11) is 0. The lowest BCUT2D eigenvalue weighted by atomic mass is 9.99. The van der Waals surface area contributed by atoms with Crippen molar-refractivity contribution in [2.45, 2.75) is 0 Å². The molecule has 4 aromatic rings. The number of hydrogen-bond donors (Lipinski definition) is 0. The molecule has 0 amide bonds. The van der Waals surface area contributed by atoms with Crippen molar-refractivity contribution >= 4 is 33.9 Å². The average Bonchev–Trinajstić information content (AvgIpc) is 3.30. The highest BCUT2D eigenvalue weighted by atomic mass is 16.5. The number of carbonyl (C=O) groups is 2. The fourth-order valence-corrected chi connectivity index (χ4v) is 4.23. The van der Waals surface area contributed by atoms with Gasteiger partial charge in [-0.3, -0.25) is 0 Å². The summed E-state index contributed by atoms with van der Waals surface area (Å²) in [5.41, 5.74) is 2.71. The van der Waals surface area contributed by atoms with Crippen molar-refractivity contribution in [2.75, 3.05) is 0 Å². The van der Waals surface area contributed by atoms with Gasteiger partial charge in [0.05, 0.1) is 11.1 Å². The first kappa shape index (κ1) is 16.7. The van der Waals surface area contributed by atoms with Crippen LogP contribution >= 0.6 is 0 Å². The highest BCUT2D eigenvalue weighted by molar-refractivity contribution is 6.22. The highest BCUT2D eigenvalue weighted by Gasteiger charge is 2.30. The van der Waals surface area contributed by atoms with Crippen LogP contribution in [0.4, 0.5) is 0 Å². The van der Waals surface area contributed by atoms with Crippen molar-refractivity contribution in [3.8, 4) is 11.5 Å². The van der Waals surface area contributed by atoms with Crippen LogP contribution in [0.15, 0.2) is 84.9 Å². The van der Waals surface area contributed by atoms with Gasteiger partial charge in [0, 0.05) is 21.2 Å². The summed E-state index contributed by atoms with van der Waals surface area (Å²) in [5, 5.41) is 2.98. The smallest absolute Gasteiger partial charge is 0.344 e. The van der Waals surface area contributed by atoms with Crippen molar-refractivity contribution < 1.29 is 19.1 Å². The second-order valence-corrected chi connectivity index (χ2v) is 7.24. The van der Waals surface area contributed by atoms with Gasteiger partial charge in [-0.15, -0.1) is 0 Å². The topological polar surface area (TPSA) is 52.6 Å². The van der Waals surface area contributed by atoms with Crippen LogP contribution in [-0.4, -0.2) is 11.9 Å². The van der Waals surface area contributed by atoms with Crippen LogP contribution in [0.2, 0.25) is 0 Å². The van der Waals surface area contributed by atoms with E-state index in [0.29, 0.717) is 22.6 Å². The molecule has 0 bridgehead atoms. The summed E-state index contributed by atoms with van der Waals surface area (Å²) in [5.74, 6) is 0.252. The molecule has 0 spiro atoms. The minimum Gasteiger partial charge on any atom is -0.422 e. The van der Waals surface area contributed by atoms with E-state index in [1.54, 1.807) is 0 Å². The Hall–Kier alpha value is -4.18. The van der Waals surface area contributed by atoms with E-state index in [-0.39, 0.29) is 11.9 Å². The molecule has 0 atom stereocenters. The van der Waals surface area contributed by atoms with Gasteiger partial charge in [-0.1, -0.05) is 60.7 Å². The molecule has 6 rings (SSSR count). The first-order chi connectivity index (χ1) is 14.7. The maximum Gasteiger partial charge on any atom is 0.344 e. The van der Waals surface area contributed by atoms with E-state index in [1.165, 1.54) is 0 Å². The first-order valence-corrected chi connectivity index (χ1v) is 9.62. The maximum absolute atomic E-state index is 12.6. The Morgan fingerprint density at radius 3 is 1.27 bits per heavy atom. The van der Waals surface area contributed by atoms with E-state index in [1.807, 2.05) is 84.9 Å². The van der Waals surface area contributed by atoms with E-state index in [4.69, 9.17) is 9.47 Å². The Balaban J connectivity index is 1.65. The summed E-state index contributed by atoms with van der Waals surface area (Å²) < 4.78 is 11.3. The summed E-state index contributed by atoms with van der Waals surface area (Å²) >= 11 is 0. The van der Waals surface area contributed by atoms with Crippen LogP contribution in [0.5, 0.6) is 11.5 Å². The van der Waals surface area contributed by atoms with Crippen LogP contribution in [0.1, 0.15) is 11.1 Å². The molecule has 0 saturated carbocycles. The molecule has 0 fully saturated rings. The van der Waals surface area contributed by atoms with Crippen molar-refractivity contribution in [3.63, 3.8) is 0 Å². The van der Waals surface area contributed by atoms with Crippen molar-refractivity contribution in [1.82, 2.24) is 0 Å². The predicted octanol–water partition coefficient (Wildman–Crippen LogP) is 3.08. The zero-order valence-corrected chi connectivity index (χ0v) is 15.7. The van der Waals surface area contributed by atoms with Gasteiger partial charge in [0.15, 0.2) is 0 Å². The molecule has 4 heteroatoms. The number of esters is 2. The van der Waals surface area contributed by atoms with E-state index in [0.717, 1.165) is 32.3 Å². The molecule has 0 saturated heterocycles. The van der Waals surface area contributed by atoms with Gasteiger partial charge in [0.25, 0.3) is 0 Å². The Bertz CT molecular complexity index is 1380. The fourth-order valence-electron chi connectivity index (χ4n) is 4.23. The third kappa shape index (κ3) is 2.28. The average molecular weight is 390 g/mol. The molecule has 142 valence electrons. The number of hydrogen-bond acceptors (Lipinski definition) is 4. The molecule has 2 aliphatic rings. The lowest BCUT2D eigenvalue weighted by molar-refractivity contribution is -0.128. The Morgan fingerprint density at radius 1 is 0.467 bits per heavy atom. The third-order valence-electron chi connectivity index (χ3n) is 5.56. The molecule has 0 unspecified atom stereocenters. The van der Waals surface area contributed by atoms with Gasteiger partial charge in [0.1, 0.15) is 11.5 Å². The van der Waals surface area contributed by atoms with E-state index >= 15 is 0 Å². The standard InChI is InChI=1S/C26H14O4/c27-25-21(15-7-3-1-4-8-15)19-13-11-18-17(23(19)29-25)12-14-20-22(26(28)30-24(18)20)16-9-5-2-6-10-16/h1-14H. The Morgan fingerprint density at radius 2 is 0.867 bits per heavy atom. The van der Waals surface area contributed by atoms with E-state index in [2.05, 4.69) is 0 Å². The van der Waals surface area contributed by atoms with Crippen molar-refractivity contribution in [1.29, 1.82) is 0 Å². The summed E-state index contributed by atoms with van der Waals surface area (Å²) in [6, 6.07) is 26.4. The summed E-state index contributed by atoms with van der Waals surface area (Å²) in [6.45, 7) is 0. The van der Waals surface area contributed by atoms with Gasteiger partial charge in [-0.25, -0.2) is 9.59 Å². The molecule has 0 aliphatic carbocycles. The zero-order valence-electron chi connectivity index (χ0n) is 15.7. The van der Waals surface area contributed by atoms with Gasteiger partial charge in [0.2, 0.25) is 0 Å². The van der Waals surface area contributed by atoms with Crippen LogP contribution in [0, 0.1) is 0 Å². The SMILES string of the molecule is O=C1Oc2c(ccc3c4c(ccc23)=C(c2ccccc2)C(=O)O4)=C1c1ccccc1. The van der Waals surface area contributed by atoms with Crippen molar-refractivity contribution in [2.24, 2.45) is 0 Å². The number of rotatable bonds is 2. The first-order valence-electron chi connectivity index (χ1n) is 9.62. The molecule has 0 aromatic heterocycles. The molecule has 2 heterocycles. The quantitative estimate of drug-likeness (QED) is 0.390. The Labute approximate surface area is 171 Å². The molecule has 0 radical (unpaired) electrons. The molecule has 2 aliphatic heterocycles. The Kier molecular flexibility index (Phi) is 3.44. The predicted molar refractivity (Wildman–Crippen MR) is 112 cm³/mol. The summed E-state index contributed by atoms with van der Waals surface area (Å²) in [4.78, 5) is 25.3. The van der Waals surface area contributed by atoms with E-state index in [9.17, 15) is 9.59 Å². The van der Waals surface area contributed by atoms with Crippen LogP contribution in [0.3, 0.4) is 0 Å². The fraction of sp³-hybridized carbons (Fsp3) is 0. The molecule has 4 aromatic carbocycles. The number of benzene rings is 4. The van der Waals surface area contributed by atoms with Crippen LogP contribution < -0.4 is 19.9 Å². The number of carbonyl (C=O) groups excluding carboxylic acids is 2. The molecule has 30 heavy (non-hydrogen) atoms. The monoisotopic (exact) mass is 390 g/mol. The minimum absolute atomic E-state index is 0.377. The van der Waals surface area contributed by atoms with Gasteiger partial charge in [-0.05, 0) is 35.4 Å². The molecule has 0 N–H and O–H groups in total. The molecule has 4 nitrogen and oxygen atoms in total. The zero-order chi connectivity index (χ0) is 20.2. The lowest BCUT2D eigenvalue weighted by Crippen LogP contribution is -2.07. The van der Waals surface area contributed by atoms with E-state index < -0.39 is 0 Å². The number of fused-ring (bicyclic) bond motifs is 5. The normalized spacial score (nSPS) is 14.5. The van der Waals surface area contributed by atoms with Gasteiger partial charge in [-0.2, -0.15) is 0 Å². The summed E-state index contributed by atoms with van der Waals surface area (Å²) in [6.07, 6.45) is 0. The third-order valence-corrected chi connectivity index (χ3v) is 5.56. The second-order valence-electron chi connectivity index (χ2n) is 7.24. The lowest BCUT2D eigenvalue weighted by Gasteiger charge is -2.05. The maximum atomic E-state index is 12.6. The van der Waals surface area contributed by atoms with Crippen LogP contribution in [-0.2, 0) is 9.59 Å². The second kappa shape index (κ2) is 6.16. The van der Waals surface area contributed by atoms with Crippen molar-refractivity contribution in [3.05, 3.63) is 106 Å². The van der Waals surface area contributed by atoms with Crippen LogP contribution in [0.25, 0.3) is 21.9 Å². The largest absolute Gasteiger partial charge is 0.422 e. The minimum atomic E-state index is -0.377.